The number of carbonyl (C=O) groups excluding carboxylic acids is 1. The van der Waals surface area contributed by atoms with Gasteiger partial charge in [0.25, 0.3) is 0 Å². The Kier molecular flexibility index (Phi) is 4.84. The third kappa shape index (κ3) is 3.57. The first-order valence-corrected chi connectivity index (χ1v) is 5.17. The summed E-state index contributed by atoms with van der Waals surface area (Å²) in [6, 6.07) is 7.56. The van der Waals surface area contributed by atoms with E-state index in [-0.39, 0.29) is 6.61 Å². The van der Waals surface area contributed by atoms with Crippen molar-refractivity contribution in [3.8, 4) is 6.07 Å². The molecule has 0 radical (unpaired) electrons. The Labute approximate surface area is 104 Å². The molecule has 1 N–H and O–H groups in total. The number of carboxylic acid groups (broad SMARTS) is 1. The van der Waals surface area contributed by atoms with Gasteiger partial charge in [-0.1, -0.05) is 12.1 Å². The van der Waals surface area contributed by atoms with Crippen LogP contribution >= 0.6 is 0 Å². The first kappa shape index (κ1) is 13.7. The van der Waals surface area contributed by atoms with Crippen LogP contribution in [0.3, 0.4) is 0 Å². The molecular weight excluding hydrogens is 236 g/mol. The van der Waals surface area contributed by atoms with Crippen LogP contribution in [0.1, 0.15) is 18.1 Å². The number of benzene rings is 1. The molecule has 0 aromatic heterocycles. The molecule has 0 spiro atoms. The Bertz CT molecular complexity index is 481. The summed E-state index contributed by atoms with van der Waals surface area (Å²) in [6.07, 6.45) is 0.312. The normalized spacial score (nSPS) is 11.3. The number of hydroxylamine groups is 2. The standard InChI is InChI=1S/C12H12N2O4/c1-9(12(16)17)14(8-15)18-7-11-4-2-3-10(5-11)6-13/h2-5,8-9H,7H2,1H3,(H,16,17). The average molecular weight is 248 g/mol. The molecule has 1 unspecified atom stereocenters. The number of hydrogen-bond acceptors (Lipinski definition) is 4. The molecule has 94 valence electrons. The maximum atomic E-state index is 10.7. The quantitative estimate of drug-likeness (QED) is 0.597. The van der Waals surface area contributed by atoms with E-state index in [1.165, 1.54) is 6.92 Å². The minimum atomic E-state index is -1.16. The van der Waals surface area contributed by atoms with Gasteiger partial charge in [-0.2, -0.15) is 5.26 Å². The van der Waals surface area contributed by atoms with Crippen LogP contribution in [-0.4, -0.2) is 28.6 Å². The van der Waals surface area contributed by atoms with Gasteiger partial charge in [0, 0.05) is 0 Å². The molecule has 0 fully saturated rings. The molecule has 0 aliphatic carbocycles. The Morgan fingerprint density at radius 1 is 1.67 bits per heavy atom. The van der Waals surface area contributed by atoms with E-state index >= 15 is 0 Å². The fourth-order valence-corrected chi connectivity index (χ4v) is 1.22. The highest BCUT2D eigenvalue weighted by molar-refractivity contribution is 5.75. The van der Waals surface area contributed by atoms with Crippen molar-refractivity contribution in [1.29, 1.82) is 5.26 Å². The maximum Gasteiger partial charge on any atom is 0.328 e. The van der Waals surface area contributed by atoms with Crippen molar-refractivity contribution in [3.05, 3.63) is 35.4 Å². The summed E-state index contributed by atoms with van der Waals surface area (Å²) < 4.78 is 0. The van der Waals surface area contributed by atoms with Crippen LogP contribution in [0.15, 0.2) is 24.3 Å². The number of amides is 1. The van der Waals surface area contributed by atoms with Gasteiger partial charge in [0.2, 0.25) is 6.41 Å². The molecule has 1 rings (SSSR count). The minimum Gasteiger partial charge on any atom is -0.480 e. The van der Waals surface area contributed by atoms with E-state index in [0.29, 0.717) is 17.5 Å². The van der Waals surface area contributed by atoms with Crippen LogP contribution in [0.25, 0.3) is 0 Å². The third-order valence-corrected chi connectivity index (χ3v) is 2.28. The lowest BCUT2D eigenvalue weighted by Gasteiger charge is -2.20. The summed E-state index contributed by atoms with van der Waals surface area (Å²) in [5.74, 6) is -1.16. The molecular formula is C12H12N2O4. The molecule has 0 saturated carbocycles. The second-order valence-corrected chi connectivity index (χ2v) is 3.57. The van der Waals surface area contributed by atoms with Crippen LogP contribution in [-0.2, 0) is 21.0 Å². The average Bonchev–Trinajstić information content (AvgIpc) is 2.39. The third-order valence-electron chi connectivity index (χ3n) is 2.28. The number of aliphatic carboxylic acids is 1. The summed E-state index contributed by atoms with van der Waals surface area (Å²) in [7, 11) is 0. The van der Waals surface area contributed by atoms with Gasteiger partial charge in [-0.3, -0.25) is 9.63 Å². The first-order valence-electron chi connectivity index (χ1n) is 5.17. The Morgan fingerprint density at radius 2 is 2.39 bits per heavy atom. The van der Waals surface area contributed by atoms with Gasteiger partial charge in [0.1, 0.15) is 6.61 Å². The van der Waals surface area contributed by atoms with Gasteiger partial charge in [-0.05, 0) is 24.6 Å². The first-order chi connectivity index (χ1) is 8.58. The fourth-order valence-electron chi connectivity index (χ4n) is 1.22. The molecule has 0 bridgehead atoms. The fraction of sp³-hybridized carbons (Fsp3) is 0.250. The van der Waals surface area contributed by atoms with Gasteiger partial charge in [-0.25, -0.2) is 9.86 Å². The molecule has 1 aromatic rings. The van der Waals surface area contributed by atoms with Crippen LogP contribution < -0.4 is 0 Å². The van der Waals surface area contributed by atoms with Crippen LogP contribution in [0.5, 0.6) is 0 Å². The van der Waals surface area contributed by atoms with E-state index in [2.05, 4.69) is 0 Å². The van der Waals surface area contributed by atoms with Gasteiger partial charge >= 0.3 is 5.97 Å². The van der Waals surface area contributed by atoms with E-state index in [0.717, 1.165) is 5.06 Å². The highest BCUT2D eigenvalue weighted by Gasteiger charge is 2.19. The van der Waals surface area contributed by atoms with Crippen molar-refractivity contribution in [2.45, 2.75) is 19.6 Å². The van der Waals surface area contributed by atoms with Crippen molar-refractivity contribution in [1.82, 2.24) is 5.06 Å². The zero-order valence-corrected chi connectivity index (χ0v) is 9.74. The molecule has 0 aliphatic rings. The molecule has 1 amide bonds. The van der Waals surface area contributed by atoms with Gasteiger partial charge in [-0.15, -0.1) is 0 Å². The summed E-state index contributed by atoms with van der Waals surface area (Å²) in [5, 5.41) is 18.2. The molecule has 18 heavy (non-hydrogen) atoms. The molecule has 1 aromatic carbocycles. The van der Waals surface area contributed by atoms with Crippen molar-refractivity contribution < 1.29 is 19.5 Å². The zero-order valence-electron chi connectivity index (χ0n) is 9.74. The maximum absolute atomic E-state index is 10.7. The number of carboxylic acids is 1. The summed E-state index contributed by atoms with van der Waals surface area (Å²) >= 11 is 0. The number of rotatable bonds is 6. The van der Waals surface area contributed by atoms with Gasteiger partial charge in [0.05, 0.1) is 11.6 Å². The second kappa shape index (κ2) is 6.37. The van der Waals surface area contributed by atoms with Crippen molar-refractivity contribution in [2.75, 3.05) is 0 Å². The lowest BCUT2D eigenvalue weighted by Crippen LogP contribution is -2.37. The predicted octanol–water partition coefficient (Wildman–Crippen LogP) is 0.921. The number of nitrogens with zero attached hydrogens (tertiary/aromatic N) is 2. The molecule has 0 aliphatic heterocycles. The lowest BCUT2D eigenvalue weighted by molar-refractivity contribution is -0.198. The zero-order chi connectivity index (χ0) is 13.5. The van der Waals surface area contributed by atoms with Crippen molar-refractivity contribution >= 4 is 12.4 Å². The molecule has 1 atom stereocenters. The van der Waals surface area contributed by atoms with Crippen molar-refractivity contribution in [2.24, 2.45) is 0 Å². The van der Waals surface area contributed by atoms with E-state index in [1.807, 2.05) is 6.07 Å². The highest BCUT2D eigenvalue weighted by Crippen LogP contribution is 2.08. The summed E-state index contributed by atoms with van der Waals surface area (Å²) in [5.41, 5.74) is 1.15. The summed E-state index contributed by atoms with van der Waals surface area (Å²) in [4.78, 5) is 26.4. The minimum absolute atomic E-state index is 0.0197. The molecule has 6 nitrogen and oxygen atoms in total. The SMILES string of the molecule is CC(C(=O)O)N(C=O)OCc1cccc(C#N)c1. The number of carbonyl (C=O) groups is 2. The highest BCUT2D eigenvalue weighted by atomic mass is 16.7. The lowest BCUT2D eigenvalue weighted by atomic mass is 10.1. The topological polar surface area (TPSA) is 90.6 Å². The van der Waals surface area contributed by atoms with E-state index in [1.54, 1.807) is 24.3 Å². The monoisotopic (exact) mass is 248 g/mol. The molecule has 0 saturated heterocycles. The van der Waals surface area contributed by atoms with Crippen LogP contribution in [0, 0.1) is 11.3 Å². The second-order valence-electron chi connectivity index (χ2n) is 3.57. The predicted molar refractivity (Wildman–Crippen MR) is 60.9 cm³/mol. The Hall–Kier alpha value is -2.39. The van der Waals surface area contributed by atoms with E-state index < -0.39 is 12.0 Å². The Morgan fingerprint density at radius 3 is 2.94 bits per heavy atom. The van der Waals surface area contributed by atoms with E-state index in [4.69, 9.17) is 15.2 Å². The summed E-state index contributed by atoms with van der Waals surface area (Å²) in [6.45, 7) is 1.36. The largest absolute Gasteiger partial charge is 0.480 e. The molecule has 0 heterocycles. The van der Waals surface area contributed by atoms with E-state index in [9.17, 15) is 9.59 Å². The van der Waals surface area contributed by atoms with Crippen LogP contribution in [0.2, 0.25) is 0 Å². The van der Waals surface area contributed by atoms with Crippen molar-refractivity contribution in [3.63, 3.8) is 0 Å². The molecule has 6 heteroatoms. The van der Waals surface area contributed by atoms with Crippen LogP contribution in [0.4, 0.5) is 0 Å². The Balaban J connectivity index is 2.65. The number of nitriles is 1. The smallest absolute Gasteiger partial charge is 0.328 e. The number of hydrogen-bond donors (Lipinski definition) is 1. The van der Waals surface area contributed by atoms with Gasteiger partial charge in [0.15, 0.2) is 6.04 Å². The van der Waals surface area contributed by atoms with Gasteiger partial charge < -0.3 is 5.11 Å².